The van der Waals surface area contributed by atoms with Crippen LogP contribution < -0.4 is 11.1 Å². The lowest BCUT2D eigenvalue weighted by molar-refractivity contribution is -0.123. The van der Waals surface area contributed by atoms with E-state index >= 15 is 0 Å². The lowest BCUT2D eigenvalue weighted by Crippen LogP contribution is -2.41. The molecule has 1 atom stereocenters. The van der Waals surface area contributed by atoms with Gasteiger partial charge in [-0.2, -0.15) is 10.1 Å². The summed E-state index contributed by atoms with van der Waals surface area (Å²) in [5.74, 6) is -0.0125. The van der Waals surface area contributed by atoms with Gasteiger partial charge in [0.2, 0.25) is 15.6 Å². The molecule has 18 heavy (non-hydrogen) atoms. The summed E-state index contributed by atoms with van der Waals surface area (Å²) in [7, 11) is 0. The van der Waals surface area contributed by atoms with E-state index in [2.05, 4.69) is 15.4 Å². The number of aromatic nitrogens is 3. The molecule has 1 amide bonds. The van der Waals surface area contributed by atoms with E-state index in [1.807, 2.05) is 13.8 Å². The zero-order valence-corrected chi connectivity index (χ0v) is 12.2. The predicted molar refractivity (Wildman–Crippen MR) is 71.4 cm³/mol. The van der Waals surface area contributed by atoms with E-state index in [1.165, 1.54) is 6.33 Å². The molecule has 0 saturated heterocycles. The van der Waals surface area contributed by atoms with Crippen LogP contribution in [0.15, 0.2) is 6.33 Å². The van der Waals surface area contributed by atoms with E-state index in [4.69, 9.17) is 40.5 Å². The van der Waals surface area contributed by atoms with Crippen LogP contribution in [0.25, 0.3) is 0 Å². The first-order valence-corrected chi connectivity index (χ1v) is 6.36. The quantitative estimate of drug-likeness (QED) is 0.831. The molecule has 1 aromatic heterocycles. The topological polar surface area (TPSA) is 85.8 Å². The molecule has 1 aromatic rings. The lowest BCUT2D eigenvalue weighted by atomic mass is 10.1. The van der Waals surface area contributed by atoms with Crippen LogP contribution in [0.3, 0.4) is 0 Å². The van der Waals surface area contributed by atoms with Crippen molar-refractivity contribution in [1.82, 2.24) is 20.1 Å². The van der Waals surface area contributed by atoms with Crippen molar-refractivity contribution in [2.45, 2.75) is 30.2 Å². The second-order valence-corrected chi connectivity index (χ2v) is 6.54. The summed E-state index contributed by atoms with van der Waals surface area (Å²) in [5.41, 5.74) is 5.58. The van der Waals surface area contributed by atoms with Gasteiger partial charge in [-0.1, -0.05) is 48.7 Å². The fraction of sp³-hybridized carbons (Fsp3) is 0.667. The van der Waals surface area contributed by atoms with Gasteiger partial charge in [0, 0.05) is 6.42 Å². The molecule has 0 spiro atoms. The zero-order chi connectivity index (χ0) is 13.9. The van der Waals surface area contributed by atoms with Crippen molar-refractivity contribution >= 4 is 46.7 Å². The van der Waals surface area contributed by atoms with Crippen molar-refractivity contribution in [3.63, 3.8) is 0 Å². The summed E-state index contributed by atoms with van der Waals surface area (Å²) >= 11 is 17.4. The molecule has 0 saturated carbocycles. The smallest absolute Gasteiger partial charge is 0.230 e. The predicted octanol–water partition coefficient (Wildman–Crippen LogP) is 1.89. The average Bonchev–Trinajstić information content (AvgIpc) is 2.58. The first-order chi connectivity index (χ1) is 8.21. The third-order valence-corrected chi connectivity index (χ3v) is 2.67. The Hall–Kier alpha value is -0.720. The first kappa shape index (κ1) is 15.3. The van der Waals surface area contributed by atoms with Gasteiger partial charge in [-0.15, -0.1) is 0 Å². The van der Waals surface area contributed by atoms with E-state index in [-0.39, 0.29) is 17.8 Å². The number of nitrogens with zero attached hydrogens (tertiary/aromatic N) is 3. The summed E-state index contributed by atoms with van der Waals surface area (Å²) in [6, 6.07) is 0. The van der Waals surface area contributed by atoms with Gasteiger partial charge in [-0.3, -0.25) is 4.79 Å². The van der Waals surface area contributed by atoms with Gasteiger partial charge < -0.3 is 11.1 Å². The van der Waals surface area contributed by atoms with Crippen LogP contribution in [0.5, 0.6) is 0 Å². The molecule has 0 fully saturated rings. The number of rotatable bonds is 4. The Morgan fingerprint density at radius 2 is 2.17 bits per heavy atom. The van der Waals surface area contributed by atoms with E-state index in [1.54, 1.807) is 0 Å². The Kier molecular flexibility index (Phi) is 5.07. The highest BCUT2D eigenvalue weighted by molar-refractivity contribution is 6.67. The molecule has 9 heteroatoms. The van der Waals surface area contributed by atoms with Gasteiger partial charge in [0.1, 0.15) is 6.33 Å². The van der Waals surface area contributed by atoms with Crippen LogP contribution in [-0.4, -0.2) is 24.5 Å². The molecule has 0 aliphatic rings. The van der Waals surface area contributed by atoms with Gasteiger partial charge in [-0.25, -0.2) is 4.68 Å². The van der Waals surface area contributed by atoms with Crippen LogP contribution in [0, 0.1) is 5.92 Å². The minimum absolute atomic E-state index is 0.0520. The van der Waals surface area contributed by atoms with E-state index in [0.717, 1.165) is 4.68 Å². The normalized spacial score (nSPS) is 13.7. The molecular formula is C9H14Cl3N5O. The number of hydrogen-bond donors (Lipinski definition) is 2. The number of nitrogens with one attached hydrogen (secondary N) is 1. The standard InChI is InChI=1S/C9H14Cl3N5O/c1-5(2)3-6(18)16-7(9(10,11)12)17-8(13)14-4-15-17/h4-5,7H,3H2,1-2H3,(H,16,18)(H2,13,14,15). The zero-order valence-electron chi connectivity index (χ0n) is 9.90. The van der Waals surface area contributed by atoms with Gasteiger partial charge in [0.15, 0.2) is 6.17 Å². The fourth-order valence-corrected chi connectivity index (χ4v) is 1.76. The Bertz CT molecular complexity index is 415. The van der Waals surface area contributed by atoms with Gasteiger partial charge in [-0.05, 0) is 5.92 Å². The average molecular weight is 315 g/mol. The maximum atomic E-state index is 11.7. The monoisotopic (exact) mass is 313 g/mol. The van der Waals surface area contributed by atoms with Crippen LogP contribution in [0.2, 0.25) is 0 Å². The van der Waals surface area contributed by atoms with E-state index in [9.17, 15) is 4.79 Å². The number of nitrogen functional groups attached to an aromatic ring is 1. The summed E-state index contributed by atoms with van der Waals surface area (Å²) in [4.78, 5) is 15.4. The summed E-state index contributed by atoms with van der Waals surface area (Å²) in [6.07, 6.45) is 0.524. The number of amides is 1. The molecule has 1 heterocycles. The molecule has 0 bridgehead atoms. The number of hydrogen-bond acceptors (Lipinski definition) is 4. The summed E-state index contributed by atoms with van der Waals surface area (Å²) < 4.78 is -0.625. The molecule has 102 valence electrons. The summed E-state index contributed by atoms with van der Waals surface area (Å²) in [5, 5.41) is 6.40. The highest BCUT2D eigenvalue weighted by Gasteiger charge is 2.37. The number of carbonyl (C=O) groups is 1. The second kappa shape index (κ2) is 5.95. The lowest BCUT2D eigenvalue weighted by Gasteiger charge is -2.26. The van der Waals surface area contributed by atoms with Crippen molar-refractivity contribution in [3.05, 3.63) is 6.33 Å². The van der Waals surface area contributed by atoms with Gasteiger partial charge in [0.25, 0.3) is 0 Å². The van der Waals surface area contributed by atoms with Crippen molar-refractivity contribution < 1.29 is 4.79 Å². The number of nitrogens with two attached hydrogens (primary N) is 1. The molecule has 6 nitrogen and oxygen atoms in total. The third kappa shape index (κ3) is 4.19. The molecule has 1 unspecified atom stereocenters. The minimum Gasteiger partial charge on any atom is -0.368 e. The number of alkyl halides is 3. The van der Waals surface area contributed by atoms with Gasteiger partial charge in [0.05, 0.1) is 0 Å². The fourth-order valence-electron chi connectivity index (χ4n) is 1.32. The molecule has 1 rings (SSSR count). The molecule has 0 aliphatic carbocycles. The molecule has 0 radical (unpaired) electrons. The minimum atomic E-state index is -1.78. The van der Waals surface area contributed by atoms with Crippen LogP contribution in [0.1, 0.15) is 26.4 Å². The maximum Gasteiger partial charge on any atom is 0.230 e. The highest BCUT2D eigenvalue weighted by Crippen LogP contribution is 2.37. The Morgan fingerprint density at radius 1 is 1.56 bits per heavy atom. The van der Waals surface area contributed by atoms with E-state index in [0.29, 0.717) is 6.42 Å². The van der Waals surface area contributed by atoms with Crippen LogP contribution in [-0.2, 0) is 4.79 Å². The molecule has 0 aliphatic heterocycles. The molecule has 3 N–H and O–H groups in total. The number of carbonyl (C=O) groups excluding carboxylic acids is 1. The molecular weight excluding hydrogens is 300 g/mol. The Balaban J connectivity index is 2.88. The Morgan fingerprint density at radius 3 is 2.56 bits per heavy atom. The van der Waals surface area contributed by atoms with Crippen LogP contribution in [0.4, 0.5) is 5.95 Å². The SMILES string of the molecule is CC(C)CC(=O)NC(n1ncnc1N)C(Cl)(Cl)Cl. The number of anilines is 1. The van der Waals surface area contributed by atoms with Crippen LogP contribution >= 0.6 is 34.8 Å². The summed E-state index contributed by atoms with van der Waals surface area (Å²) in [6.45, 7) is 3.82. The second-order valence-electron chi connectivity index (χ2n) is 4.17. The van der Waals surface area contributed by atoms with Crippen molar-refractivity contribution in [3.8, 4) is 0 Å². The van der Waals surface area contributed by atoms with Crippen molar-refractivity contribution in [2.24, 2.45) is 5.92 Å². The third-order valence-electron chi connectivity index (χ3n) is 2.05. The molecule has 0 aromatic carbocycles. The Labute approximate surface area is 120 Å². The van der Waals surface area contributed by atoms with Crippen molar-refractivity contribution in [2.75, 3.05) is 5.73 Å². The number of halogens is 3. The maximum absolute atomic E-state index is 11.7. The van der Waals surface area contributed by atoms with E-state index < -0.39 is 9.96 Å². The van der Waals surface area contributed by atoms with Crippen molar-refractivity contribution in [1.29, 1.82) is 0 Å². The van der Waals surface area contributed by atoms with Gasteiger partial charge >= 0.3 is 0 Å². The first-order valence-electron chi connectivity index (χ1n) is 5.23. The highest BCUT2D eigenvalue weighted by atomic mass is 35.6. The largest absolute Gasteiger partial charge is 0.368 e.